The Bertz CT molecular complexity index is 602. The van der Waals surface area contributed by atoms with Crippen molar-refractivity contribution in [1.82, 2.24) is 9.80 Å². The molecule has 114 valence electrons. The Balaban J connectivity index is 3.15. The number of nitrogens with zero attached hydrogens (tertiary/aromatic N) is 2. The monoisotopic (exact) mass is 300 g/mol. The summed E-state index contributed by atoms with van der Waals surface area (Å²) in [6, 6.07) is 0.949. The fourth-order valence-electron chi connectivity index (χ4n) is 1.52. The Kier molecular flexibility index (Phi) is 4.96. The molecule has 0 aliphatic carbocycles. The minimum Gasteiger partial charge on any atom is -0.478 e. The first-order chi connectivity index (χ1) is 9.65. The summed E-state index contributed by atoms with van der Waals surface area (Å²) in [7, 11) is 4.23. The molecular weight excluding hydrogens is 286 g/mol. The van der Waals surface area contributed by atoms with Gasteiger partial charge in [0.05, 0.1) is 17.7 Å². The summed E-state index contributed by atoms with van der Waals surface area (Å²) in [4.78, 5) is 36.8. The highest BCUT2D eigenvalue weighted by atomic mass is 19.2. The second-order valence-corrected chi connectivity index (χ2v) is 4.57. The van der Waals surface area contributed by atoms with Crippen LogP contribution in [-0.2, 0) is 4.79 Å². The van der Waals surface area contributed by atoms with Crippen molar-refractivity contribution >= 4 is 17.8 Å². The lowest BCUT2D eigenvalue weighted by Gasteiger charge is -2.20. The van der Waals surface area contributed by atoms with Crippen LogP contribution >= 0.6 is 0 Å². The van der Waals surface area contributed by atoms with Crippen molar-refractivity contribution in [3.05, 3.63) is 34.9 Å². The van der Waals surface area contributed by atoms with E-state index in [-0.39, 0.29) is 6.54 Å². The molecule has 0 saturated carbocycles. The average molecular weight is 300 g/mol. The third-order valence-electron chi connectivity index (χ3n) is 2.74. The van der Waals surface area contributed by atoms with E-state index in [2.05, 4.69) is 0 Å². The Labute approximate surface area is 119 Å². The van der Waals surface area contributed by atoms with E-state index in [0.717, 1.165) is 4.90 Å². The molecule has 0 heterocycles. The number of carboxylic acids is 1. The summed E-state index contributed by atoms with van der Waals surface area (Å²) >= 11 is 0. The second kappa shape index (κ2) is 6.29. The number of carboxylic acid groups (broad SMARTS) is 1. The van der Waals surface area contributed by atoms with Crippen LogP contribution in [0.2, 0.25) is 0 Å². The van der Waals surface area contributed by atoms with E-state index in [1.807, 2.05) is 0 Å². The maximum atomic E-state index is 13.2. The molecule has 0 aliphatic heterocycles. The largest absolute Gasteiger partial charge is 0.478 e. The molecule has 0 spiro atoms. The lowest BCUT2D eigenvalue weighted by Crippen LogP contribution is -2.38. The maximum absolute atomic E-state index is 13.2. The van der Waals surface area contributed by atoms with Gasteiger partial charge in [0, 0.05) is 21.1 Å². The number of hydrogen-bond acceptors (Lipinski definition) is 3. The summed E-state index contributed by atoms with van der Waals surface area (Å²) in [6.45, 7) is -0.316. The fraction of sp³-hybridized carbons (Fsp3) is 0.308. The van der Waals surface area contributed by atoms with Crippen molar-refractivity contribution in [2.45, 2.75) is 0 Å². The molecular formula is C13H14F2N2O4. The summed E-state index contributed by atoms with van der Waals surface area (Å²) in [6.07, 6.45) is 0. The number of hydrogen-bond donors (Lipinski definition) is 1. The first-order valence-corrected chi connectivity index (χ1v) is 5.83. The summed E-state index contributed by atoms with van der Waals surface area (Å²) in [5.41, 5.74) is -1.18. The molecule has 2 amide bonds. The van der Waals surface area contributed by atoms with Crippen molar-refractivity contribution in [2.24, 2.45) is 0 Å². The summed E-state index contributed by atoms with van der Waals surface area (Å²) in [5.74, 6) is -5.55. The Hall–Kier alpha value is -2.51. The van der Waals surface area contributed by atoms with Crippen LogP contribution in [0.5, 0.6) is 0 Å². The van der Waals surface area contributed by atoms with Gasteiger partial charge in [-0.05, 0) is 12.1 Å². The number of carbonyl (C=O) groups excluding carboxylic acids is 2. The van der Waals surface area contributed by atoms with E-state index in [9.17, 15) is 23.2 Å². The molecule has 0 unspecified atom stereocenters. The molecule has 0 aliphatic rings. The van der Waals surface area contributed by atoms with E-state index in [1.54, 1.807) is 0 Å². The van der Waals surface area contributed by atoms with Crippen molar-refractivity contribution in [2.75, 3.05) is 27.7 Å². The molecule has 6 nitrogen and oxygen atoms in total. The third-order valence-corrected chi connectivity index (χ3v) is 2.74. The van der Waals surface area contributed by atoms with Gasteiger partial charge in [0.15, 0.2) is 11.6 Å². The third kappa shape index (κ3) is 3.74. The molecule has 1 aromatic carbocycles. The first-order valence-electron chi connectivity index (χ1n) is 5.83. The van der Waals surface area contributed by atoms with Gasteiger partial charge in [0.1, 0.15) is 0 Å². The first kappa shape index (κ1) is 16.5. The second-order valence-electron chi connectivity index (χ2n) is 4.57. The minimum absolute atomic E-state index is 0.316. The number of rotatable bonds is 4. The van der Waals surface area contributed by atoms with Gasteiger partial charge in [-0.15, -0.1) is 0 Å². The Morgan fingerprint density at radius 2 is 1.52 bits per heavy atom. The van der Waals surface area contributed by atoms with Crippen molar-refractivity contribution in [3.8, 4) is 0 Å². The number of carbonyl (C=O) groups is 3. The summed E-state index contributed by atoms with van der Waals surface area (Å²) < 4.78 is 26.3. The van der Waals surface area contributed by atoms with Gasteiger partial charge in [0.25, 0.3) is 5.91 Å². The van der Waals surface area contributed by atoms with Crippen molar-refractivity contribution in [1.29, 1.82) is 0 Å². The van der Waals surface area contributed by atoms with Gasteiger partial charge in [-0.3, -0.25) is 9.59 Å². The van der Waals surface area contributed by atoms with Gasteiger partial charge < -0.3 is 14.9 Å². The van der Waals surface area contributed by atoms with E-state index < -0.39 is 40.5 Å². The SMILES string of the molecule is CN(C)C(=O)CN(C)C(=O)c1cc(F)c(F)cc1C(=O)O. The molecule has 0 saturated heterocycles. The number of likely N-dealkylation sites (N-methyl/N-ethyl adjacent to an activating group) is 2. The van der Waals surface area contributed by atoms with E-state index in [1.165, 1.54) is 26.0 Å². The minimum atomic E-state index is -1.57. The molecule has 1 rings (SSSR count). The maximum Gasteiger partial charge on any atom is 0.336 e. The van der Waals surface area contributed by atoms with Gasteiger partial charge in [-0.2, -0.15) is 0 Å². The van der Waals surface area contributed by atoms with Gasteiger partial charge in [0.2, 0.25) is 5.91 Å². The predicted octanol–water partition coefficient (Wildman–Crippen LogP) is 0.823. The molecule has 8 heteroatoms. The number of amides is 2. The zero-order valence-electron chi connectivity index (χ0n) is 11.7. The lowest BCUT2D eigenvalue weighted by atomic mass is 10.1. The van der Waals surface area contributed by atoms with Gasteiger partial charge >= 0.3 is 5.97 Å². The highest BCUT2D eigenvalue weighted by Crippen LogP contribution is 2.17. The van der Waals surface area contributed by atoms with Gasteiger partial charge in [-0.25, -0.2) is 13.6 Å². The molecule has 1 N–H and O–H groups in total. The smallest absolute Gasteiger partial charge is 0.336 e. The van der Waals surface area contributed by atoms with Crippen LogP contribution < -0.4 is 0 Å². The summed E-state index contributed by atoms with van der Waals surface area (Å²) in [5, 5.41) is 8.95. The van der Waals surface area contributed by atoms with Crippen molar-refractivity contribution < 1.29 is 28.3 Å². The molecule has 21 heavy (non-hydrogen) atoms. The van der Waals surface area contributed by atoms with E-state index >= 15 is 0 Å². The topological polar surface area (TPSA) is 77.9 Å². The molecule has 0 atom stereocenters. The Morgan fingerprint density at radius 1 is 1.05 bits per heavy atom. The van der Waals surface area contributed by atoms with Crippen LogP contribution in [0.25, 0.3) is 0 Å². The van der Waals surface area contributed by atoms with Crippen LogP contribution in [0, 0.1) is 11.6 Å². The normalized spacial score (nSPS) is 10.1. The zero-order chi connectivity index (χ0) is 16.3. The molecule has 0 radical (unpaired) electrons. The van der Waals surface area contributed by atoms with Crippen LogP contribution in [0.1, 0.15) is 20.7 Å². The van der Waals surface area contributed by atoms with E-state index in [0.29, 0.717) is 12.1 Å². The standard InChI is InChI=1S/C13H14F2N2O4/c1-16(2)11(18)6-17(3)12(19)7-4-9(14)10(15)5-8(7)13(20)21/h4-5H,6H2,1-3H3,(H,20,21). The highest BCUT2D eigenvalue weighted by Gasteiger charge is 2.24. The number of halogens is 2. The lowest BCUT2D eigenvalue weighted by molar-refractivity contribution is -0.129. The van der Waals surface area contributed by atoms with Crippen LogP contribution in [0.3, 0.4) is 0 Å². The fourth-order valence-corrected chi connectivity index (χ4v) is 1.52. The average Bonchev–Trinajstić information content (AvgIpc) is 2.39. The zero-order valence-corrected chi connectivity index (χ0v) is 11.7. The Morgan fingerprint density at radius 3 is 1.95 bits per heavy atom. The molecule has 0 fully saturated rings. The van der Waals surface area contributed by atoms with Crippen molar-refractivity contribution in [3.63, 3.8) is 0 Å². The van der Waals surface area contributed by atoms with Crippen LogP contribution in [0.15, 0.2) is 12.1 Å². The number of benzene rings is 1. The molecule has 0 aromatic heterocycles. The highest BCUT2D eigenvalue weighted by molar-refractivity contribution is 6.05. The van der Waals surface area contributed by atoms with Gasteiger partial charge in [-0.1, -0.05) is 0 Å². The van der Waals surface area contributed by atoms with Crippen LogP contribution in [-0.4, -0.2) is 60.4 Å². The molecule has 1 aromatic rings. The predicted molar refractivity (Wildman–Crippen MR) is 69.0 cm³/mol. The molecule has 0 bridgehead atoms. The van der Waals surface area contributed by atoms with Crippen LogP contribution in [0.4, 0.5) is 8.78 Å². The quantitative estimate of drug-likeness (QED) is 0.893. The number of aromatic carboxylic acids is 1. The van der Waals surface area contributed by atoms with E-state index in [4.69, 9.17) is 5.11 Å².